The van der Waals surface area contributed by atoms with Crippen LogP contribution in [0.25, 0.3) is 27.6 Å². The number of nitrogens with one attached hydrogen (secondary N) is 1. The lowest BCUT2D eigenvalue weighted by molar-refractivity contribution is 0.329. The number of piperidine rings is 1. The van der Waals surface area contributed by atoms with Crippen molar-refractivity contribution in [1.82, 2.24) is 23.7 Å². The predicted octanol–water partition coefficient (Wildman–Crippen LogP) is 4.93. The number of rotatable bonds is 7. The highest BCUT2D eigenvalue weighted by molar-refractivity contribution is 7.89. The third-order valence-corrected chi connectivity index (χ3v) is 9.41. The van der Waals surface area contributed by atoms with Crippen LogP contribution in [-0.2, 0) is 10.0 Å². The number of benzene rings is 2. The summed E-state index contributed by atoms with van der Waals surface area (Å²) in [5.41, 5.74) is 3.28. The Bertz CT molecular complexity index is 1730. The molecule has 1 aliphatic rings. The third kappa shape index (κ3) is 4.98. The number of aromatic nitrogens is 4. The second-order valence-corrected chi connectivity index (χ2v) is 11.9. The number of ether oxygens (including phenoxy) is 1. The van der Waals surface area contributed by atoms with Crippen molar-refractivity contribution in [1.29, 1.82) is 0 Å². The van der Waals surface area contributed by atoms with Crippen LogP contribution >= 0.6 is 11.3 Å². The van der Waals surface area contributed by atoms with E-state index >= 15 is 0 Å². The number of imidazole rings is 1. The number of thiazole rings is 1. The molecule has 12 heteroatoms. The van der Waals surface area contributed by atoms with Gasteiger partial charge in [0.05, 0.1) is 23.4 Å². The van der Waals surface area contributed by atoms with Gasteiger partial charge in [0.25, 0.3) is 0 Å². The zero-order valence-corrected chi connectivity index (χ0v) is 22.6. The monoisotopic (exact) mass is 564 g/mol. The number of hydrogen-bond donors (Lipinski definition) is 1. The van der Waals surface area contributed by atoms with Crippen molar-refractivity contribution >= 4 is 32.3 Å². The summed E-state index contributed by atoms with van der Waals surface area (Å²) < 4.78 is 48.0. The van der Waals surface area contributed by atoms with Crippen LogP contribution < -0.4 is 10.1 Å². The molecule has 0 saturated carbocycles. The average molecular weight is 565 g/mol. The first-order valence-electron chi connectivity index (χ1n) is 12.4. The van der Waals surface area contributed by atoms with Gasteiger partial charge in [-0.1, -0.05) is 12.1 Å². The van der Waals surface area contributed by atoms with Gasteiger partial charge >= 0.3 is 0 Å². The van der Waals surface area contributed by atoms with Gasteiger partial charge in [-0.2, -0.15) is 4.31 Å². The molecule has 3 aromatic heterocycles. The van der Waals surface area contributed by atoms with Crippen molar-refractivity contribution in [3.05, 3.63) is 78.2 Å². The SMILES string of the molecule is COc1cccc(-c2nc3sccn3c2-c2ccnc(NC3CCN(S(=O)(=O)c4ccc(F)cc4)CC3)n2)c1. The van der Waals surface area contributed by atoms with Crippen LogP contribution in [0.3, 0.4) is 0 Å². The summed E-state index contributed by atoms with van der Waals surface area (Å²) in [5, 5.41) is 5.36. The van der Waals surface area contributed by atoms with Crippen molar-refractivity contribution in [2.24, 2.45) is 0 Å². The van der Waals surface area contributed by atoms with E-state index in [1.807, 2.05) is 46.3 Å². The standard InChI is InChI=1S/C27H25FN6O3S2/c1-37-21-4-2-3-18(17-21)24-25(34-15-16-38-27(34)32-24)23-9-12-29-26(31-23)30-20-10-13-33(14-11-20)39(35,36)22-7-5-19(28)6-8-22/h2-9,12,15-17,20H,10-11,13-14H2,1H3,(H,29,30,31). The number of methoxy groups -OCH3 is 1. The third-order valence-electron chi connectivity index (χ3n) is 6.74. The molecule has 1 N–H and O–H groups in total. The van der Waals surface area contributed by atoms with Gasteiger partial charge < -0.3 is 10.1 Å². The number of nitrogens with zero attached hydrogens (tertiary/aromatic N) is 5. The fourth-order valence-electron chi connectivity index (χ4n) is 4.74. The fraction of sp³-hybridized carbons (Fsp3) is 0.222. The molecule has 6 rings (SSSR count). The number of halogens is 1. The molecule has 9 nitrogen and oxygen atoms in total. The molecule has 0 radical (unpaired) electrons. The van der Waals surface area contributed by atoms with Crippen molar-refractivity contribution in [3.63, 3.8) is 0 Å². The first-order chi connectivity index (χ1) is 18.9. The number of hydrogen-bond acceptors (Lipinski definition) is 8. The van der Waals surface area contributed by atoms with Gasteiger partial charge in [-0.05, 0) is 55.3 Å². The Balaban J connectivity index is 1.22. The van der Waals surface area contributed by atoms with Crippen LogP contribution in [0.4, 0.5) is 10.3 Å². The minimum absolute atomic E-state index is 0.00405. The normalized spacial score (nSPS) is 15.0. The Morgan fingerprint density at radius 3 is 2.64 bits per heavy atom. The molecule has 1 saturated heterocycles. The molecule has 2 aromatic carbocycles. The number of fused-ring (bicyclic) bond motifs is 1. The summed E-state index contributed by atoms with van der Waals surface area (Å²) in [6, 6.07) is 14.6. The molecule has 0 atom stereocenters. The highest BCUT2D eigenvalue weighted by atomic mass is 32.2. The van der Waals surface area contributed by atoms with Crippen LogP contribution in [0, 0.1) is 5.82 Å². The largest absolute Gasteiger partial charge is 0.497 e. The quantitative estimate of drug-likeness (QED) is 0.299. The number of anilines is 1. The summed E-state index contributed by atoms with van der Waals surface area (Å²) in [5.74, 6) is 0.743. The van der Waals surface area contributed by atoms with E-state index in [1.54, 1.807) is 24.6 Å². The zero-order chi connectivity index (χ0) is 27.0. The predicted molar refractivity (Wildman–Crippen MR) is 148 cm³/mol. The van der Waals surface area contributed by atoms with E-state index < -0.39 is 15.8 Å². The first kappa shape index (κ1) is 25.4. The molecular weight excluding hydrogens is 539 g/mol. The summed E-state index contributed by atoms with van der Waals surface area (Å²) in [4.78, 5) is 15.1. The molecule has 0 aliphatic carbocycles. The van der Waals surface area contributed by atoms with Crippen LogP contribution in [0.2, 0.25) is 0 Å². The summed E-state index contributed by atoms with van der Waals surface area (Å²) in [6.07, 6.45) is 4.85. The van der Waals surface area contributed by atoms with Crippen LogP contribution in [-0.4, -0.2) is 58.3 Å². The van der Waals surface area contributed by atoms with Crippen molar-refractivity contribution < 1.29 is 17.5 Å². The molecule has 0 amide bonds. The van der Waals surface area contributed by atoms with Gasteiger partial charge in [0, 0.05) is 42.5 Å². The minimum Gasteiger partial charge on any atom is -0.497 e. The van der Waals surface area contributed by atoms with Crippen LogP contribution in [0.1, 0.15) is 12.8 Å². The van der Waals surface area contributed by atoms with Gasteiger partial charge in [0.2, 0.25) is 16.0 Å². The Hall–Kier alpha value is -3.87. The molecule has 0 bridgehead atoms. The smallest absolute Gasteiger partial charge is 0.243 e. The Kier molecular flexibility index (Phi) is 6.75. The van der Waals surface area contributed by atoms with Crippen LogP contribution in [0.15, 0.2) is 77.3 Å². The molecular formula is C27H25FN6O3S2. The maximum absolute atomic E-state index is 13.3. The maximum Gasteiger partial charge on any atom is 0.243 e. The zero-order valence-electron chi connectivity index (χ0n) is 21.0. The maximum atomic E-state index is 13.3. The van der Waals surface area contributed by atoms with E-state index in [1.165, 1.54) is 16.4 Å². The highest BCUT2D eigenvalue weighted by Gasteiger charge is 2.30. The topological polar surface area (TPSA) is 102 Å². The molecule has 4 heterocycles. The van der Waals surface area contributed by atoms with Crippen molar-refractivity contribution in [2.45, 2.75) is 23.8 Å². The second kappa shape index (κ2) is 10.4. The molecule has 5 aromatic rings. The lowest BCUT2D eigenvalue weighted by atomic mass is 10.1. The lowest BCUT2D eigenvalue weighted by Crippen LogP contribution is -2.42. The van der Waals surface area contributed by atoms with Gasteiger partial charge in [-0.15, -0.1) is 11.3 Å². The van der Waals surface area contributed by atoms with E-state index in [0.29, 0.717) is 37.6 Å². The van der Waals surface area contributed by atoms with Crippen molar-refractivity contribution in [3.8, 4) is 28.4 Å². The van der Waals surface area contributed by atoms with E-state index in [4.69, 9.17) is 14.7 Å². The van der Waals surface area contributed by atoms with Gasteiger partial charge in [0.15, 0.2) is 4.96 Å². The molecule has 1 aliphatic heterocycles. The Labute approximate surface area is 229 Å². The van der Waals surface area contributed by atoms with Gasteiger partial charge in [-0.25, -0.2) is 27.8 Å². The summed E-state index contributed by atoms with van der Waals surface area (Å²) >= 11 is 1.54. The van der Waals surface area contributed by atoms with E-state index in [0.717, 1.165) is 39.8 Å². The Morgan fingerprint density at radius 2 is 1.87 bits per heavy atom. The summed E-state index contributed by atoms with van der Waals surface area (Å²) in [7, 11) is -2.04. The Morgan fingerprint density at radius 1 is 1.08 bits per heavy atom. The molecule has 1 fully saturated rings. The van der Waals surface area contributed by atoms with E-state index in [9.17, 15) is 12.8 Å². The molecule has 0 unspecified atom stereocenters. The van der Waals surface area contributed by atoms with Gasteiger partial charge in [-0.3, -0.25) is 4.40 Å². The van der Waals surface area contributed by atoms with Crippen LogP contribution in [0.5, 0.6) is 5.75 Å². The van der Waals surface area contributed by atoms with E-state index in [-0.39, 0.29) is 10.9 Å². The molecule has 200 valence electrons. The molecule has 0 spiro atoms. The summed E-state index contributed by atoms with van der Waals surface area (Å²) in [6.45, 7) is 0.685. The van der Waals surface area contributed by atoms with Gasteiger partial charge in [0.1, 0.15) is 17.3 Å². The average Bonchev–Trinajstić information content (AvgIpc) is 3.56. The van der Waals surface area contributed by atoms with E-state index in [2.05, 4.69) is 10.3 Å². The first-order valence-corrected chi connectivity index (χ1v) is 14.7. The lowest BCUT2D eigenvalue weighted by Gasteiger charge is -2.31. The highest BCUT2D eigenvalue weighted by Crippen LogP contribution is 2.35. The fourth-order valence-corrected chi connectivity index (χ4v) is 6.92. The van der Waals surface area contributed by atoms with Crippen molar-refractivity contribution in [2.75, 3.05) is 25.5 Å². The molecule has 39 heavy (non-hydrogen) atoms. The second-order valence-electron chi connectivity index (χ2n) is 9.14. The number of sulfonamides is 1. The minimum atomic E-state index is -3.67.